The van der Waals surface area contributed by atoms with E-state index in [4.69, 9.17) is 0 Å². The maximum Gasteiger partial charge on any atom is 0.223 e. The number of likely N-dealkylation sites (tertiary alicyclic amines) is 1. The molecule has 2 aliphatic rings. The van der Waals surface area contributed by atoms with Crippen LogP contribution in [0.1, 0.15) is 46.0 Å². The quantitative estimate of drug-likeness (QED) is 0.790. The van der Waals surface area contributed by atoms with Crippen molar-refractivity contribution < 1.29 is 9.59 Å². The third kappa shape index (κ3) is 3.28. The fraction of sp³-hybridized carbons (Fsp3) is 0.857. The molecule has 3 nitrogen and oxygen atoms in total. The second-order valence-electron chi connectivity index (χ2n) is 5.75. The fourth-order valence-electron chi connectivity index (χ4n) is 3.24. The SMILES string of the molecule is CC(=O)SCC1CC(=O)N(C2CCCCC2C)C1. The Labute approximate surface area is 114 Å². The van der Waals surface area contributed by atoms with Gasteiger partial charge in [0.05, 0.1) is 0 Å². The van der Waals surface area contributed by atoms with Crippen molar-refractivity contribution in [2.75, 3.05) is 12.3 Å². The normalized spacial score (nSPS) is 32.9. The lowest BCUT2D eigenvalue weighted by Gasteiger charge is -2.36. The molecule has 1 aliphatic carbocycles. The highest BCUT2D eigenvalue weighted by Gasteiger charge is 2.37. The lowest BCUT2D eigenvalue weighted by Crippen LogP contribution is -2.42. The summed E-state index contributed by atoms with van der Waals surface area (Å²) in [7, 11) is 0. The predicted octanol–water partition coefficient (Wildman–Crippen LogP) is 2.69. The van der Waals surface area contributed by atoms with Crippen LogP contribution in [0.5, 0.6) is 0 Å². The molecule has 0 radical (unpaired) electrons. The largest absolute Gasteiger partial charge is 0.339 e. The topological polar surface area (TPSA) is 37.4 Å². The van der Waals surface area contributed by atoms with Gasteiger partial charge in [-0.2, -0.15) is 0 Å². The van der Waals surface area contributed by atoms with Crippen molar-refractivity contribution in [3.8, 4) is 0 Å². The number of hydrogen-bond acceptors (Lipinski definition) is 3. The van der Waals surface area contributed by atoms with E-state index in [1.165, 1.54) is 37.4 Å². The summed E-state index contributed by atoms with van der Waals surface area (Å²) in [5.74, 6) is 2.13. The van der Waals surface area contributed by atoms with Crippen LogP contribution < -0.4 is 0 Å². The number of carbonyl (C=O) groups excluding carboxylic acids is 2. The molecule has 0 spiro atoms. The molecule has 1 heterocycles. The number of thioether (sulfide) groups is 1. The monoisotopic (exact) mass is 269 g/mol. The molecular formula is C14H23NO2S. The smallest absolute Gasteiger partial charge is 0.223 e. The molecule has 1 saturated heterocycles. The average molecular weight is 269 g/mol. The Morgan fingerprint density at radius 2 is 2.11 bits per heavy atom. The van der Waals surface area contributed by atoms with Crippen molar-refractivity contribution >= 4 is 22.8 Å². The second kappa shape index (κ2) is 6.09. The van der Waals surface area contributed by atoms with Crippen molar-refractivity contribution in [1.29, 1.82) is 0 Å². The Morgan fingerprint density at radius 1 is 1.39 bits per heavy atom. The van der Waals surface area contributed by atoms with Gasteiger partial charge in [-0.05, 0) is 24.7 Å². The Kier molecular flexibility index (Phi) is 4.71. The first-order chi connectivity index (χ1) is 8.58. The van der Waals surface area contributed by atoms with Gasteiger partial charge in [0.15, 0.2) is 5.12 Å². The maximum absolute atomic E-state index is 12.1. The first-order valence-corrected chi connectivity index (χ1v) is 7.99. The van der Waals surface area contributed by atoms with E-state index in [-0.39, 0.29) is 5.12 Å². The zero-order chi connectivity index (χ0) is 13.1. The lowest BCUT2D eigenvalue weighted by atomic mass is 9.85. The van der Waals surface area contributed by atoms with Crippen molar-refractivity contribution in [2.45, 2.75) is 52.0 Å². The van der Waals surface area contributed by atoms with E-state index in [1.54, 1.807) is 6.92 Å². The van der Waals surface area contributed by atoms with Gasteiger partial charge in [-0.15, -0.1) is 0 Å². The van der Waals surface area contributed by atoms with Crippen LogP contribution >= 0.6 is 11.8 Å². The minimum atomic E-state index is 0.159. The van der Waals surface area contributed by atoms with Crippen LogP contribution in [-0.4, -0.2) is 34.3 Å². The van der Waals surface area contributed by atoms with Crippen molar-refractivity contribution in [3.63, 3.8) is 0 Å². The molecule has 3 atom stereocenters. The van der Waals surface area contributed by atoms with Crippen molar-refractivity contribution in [2.24, 2.45) is 11.8 Å². The van der Waals surface area contributed by atoms with Crippen molar-refractivity contribution in [3.05, 3.63) is 0 Å². The Bertz CT molecular complexity index is 332. The summed E-state index contributed by atoms with van der Waals surface area (Å²) >= 11 is 1.36. The van der Waals surface area contributed by atoms with Crippen LogP contribution in [0, 0.1) is 11.8 Å². The van der Waals surface area contributed by atoms with Gasteiger partial charge in [0.25, 0.3) is 0 Å². The van der Waals surface area contributed by atoms with Gasteiger partial charge in [0.1, 0.15) is 0 Å². The second-order valence-corrected chi connectivity index (χ2v) is 6.94. The van der Waals surface area contributed by atoms with Gasteiger partial charge < -0.3 is 4.90 Å². The molecule has 0 N–H and O–H groups in total. The number of rotatable bonds is 3. The molecule has 0 aromatic rings. The van der Waals surface area contributed by atoms with E-state index in [2.05, 4.69) is 11.8 Å². The van der Waals surface area contributed by atoms with Gasteiger partial charge in [0.2, 0.25) is 5.91 Å². The van der Waals surface area contributed by atoms with E-state index in [0.717, 1.165) is 12.3 Å². The van der Waals surface area contributed by atoms with Crippen LogP contribution in [0.3, 0.4) is 0 Å². The average Bonchev–Trinajstić information content (AvgIpc) is 2.69. The minimum Gasteiger partial charge on any atom is -0.339 e. The summed E-state index contributed by atoms with van der Waals surface area (Å²) in [6.45, 7) is 4.74. The molecule has 102 valence electrons. The molecule has 0 bridgehead atoms. The summed E-state index contributed by atoms with van der Waals surface area (Å²) in [5.41, 5.74) is 0. The van der Waals surface area contributed by atoms with Gasteiger partial charge in [-0.3, -0.25) is 9.59 Å². The Balaban J connectivity index is 1.90. The lowest BCUT2D eigenvalue weighted by molar-refractivity contribution is -0.131. The van der Waals surface area contributed by atoms with Crippen LogP contribution in [0.15, 0.2) is 0 Å². The molecule has 2 fully saturated rings. The molecule has 3 unspecified atom stereocenters. The molecule has 0 aromatic heterocycles. The van der Waals surface area contributed by atoms with E-state index in [9.17, 15) is 9.59 Å². The van der Waals surface area contributed by atoms with Gasteiger partial charge in [-0.1, -0.05) is 31.5 Å². The van der Waals surface area contributed by atoms with Crippen LogP contribution in [0.4, 0.5) is 0 Å². The van der Waals surface area contributed by atoms with Gasteiger partial charge in [-0.25, -0.2) is 0 Å². The summed E-state index contributed by atoms with van der Waals surface area (Å²) in [6, 6.07) is 0.457. The highest BCUT2D eigenvalue weighted by Crippen LogP contribution is 2.33. The van der Waals surface area contributed by atoms with Gasteiger partial charge in [0, 0.05) is 31.7 Å². The van der Waals surface area contributed by atoms with E-state index in [0.29, 0.717) is 30.2 Å². The first kappa shape index (κ1) is 13.9. The van der Waals surface area contributed by atoms with Crippen LogP contribution in [-0.2, 0) is 9.59 Å². The standard InChI is InChI=1S/C14H23NO2S/c1-10-5-3-4-6-13(10)15-8-12(7-14(15)17)9-18-11(2)16/h10,12-13H,3-9H2,1-2H3. The summed E-state index contributed by atoms with van der Waals surface area (Å²) < 4.78 is 0. The van der Waals surface area contributed by atoms with Crippen LogP contribution in [0.2, 0.25) is 0 Å². The summed E-state index contributed by atoms with van der Waals surface area (Å²) in [5, 5.41) is 0.159. The molecule has 2 rings (SSSR count). The van der Waals surface area contributed by atoms with Crippen molar-refractivity contribution in [1.82, 2.24) is 4.90 Å². The fourth-order valence-corrected chi connectivity index (χ4v) is 3.93. The molecule has 1 amide bonds. The molecule has 4 heteroatoms. The number of amides is 1. The zero-order valence-electron chi connectivity index (χ0n) is 11.4. The highest BCUT2D eigenvalue weighted by molar-refractivity contribution is 8.13. The first-order valence-electron chi connectivity index (χ1n) is 7.00. The minimum absolute atomic E-state index is 0.159. The molecule has 0 aromatic carbocycles. The van der Waals surface area contributed by atoms with E-state index in [1.807, 2.05) is 0 Å². The number of nitrogens with zero attached hydrogens (tertiary/aromatic N) is 1. The Morgan fingerprint density at radius 3 is 2.78 bits per heavy atom. The van der Waals surface area contributed by atoms with Crippen LogP contribution in [0.25, 0.3) is 0 Å². The molecule has 1 aliphatic heterocycles. The van der Waals surface area contributed by atoms with E-state index < -0.39 is 0 Å². The number of carbonyl (C=O) groups is 2. The zero-order valence-corrected chi connectivity index (χ0v) is 12.2. The van der Waals surface area contributed by atoms with E-state index >= 15 is 0 Å². The third-order valence-corrected chi connectivity index (χ3v) is 5.27. The third-order valence-electron chi connectivity index (χ3n) is 4.23. The summed E-state index contributed by atoms with van der Waals surface area (Å²) in [4.78, 5) is 25.2. The Hall–Kier alpha value is -0.510. The molecule has 18 heavy (non-hydrogen) atoms. The van der Waals surface area contributed by atoms with Gasteiger partial charge >= 0.3 is 0 Å². The summed E-state index contributed by atoms with van der Waals surface area (Å²) in [6.07, 6.45) is 5.62. The molecular weight excluding hydrogens is 246 g/mol. The number of hydrogen-bond donors (Lipinski definition) is 0. The predicted molar refractivity (Wildman–Crippen MR) is 74.4 cm³/mol. The highest BCUT2D eigenvalue weighted by atomic mass is 32.2. The maximum atomic E-state index is 12.1. The molecule has 1 saturated carbocycles.